The van der Waals surface area contributed by atoms with Crippen LogP contribution in [0.3, 0.4) is 0 Å². The fourth-order valence-corrected chi connectivity index (χ4v) is 3.06. The second-order valence-corrected chi connectivity index (χ2v) is 6.91. The normalized spacial score (nSPS) is 11.7. The predicted molar refractivity (Wildman–Crippen MR) is 115 cm³/mol. The van der Waals surface area contributed by atoms with Gasteiger partial charge in [-0.2, -0.15) is 0 Å². The molecule has 29 heavy (non-hydrogen) atoms. The molecule has 5 nitrogen and oxygen atoms in total. The van der Waals surface area contributed by atoms with Crippen LogP contribution in [0, 0.1) is 0 Å². The van der Waals surface area contributed by atoms with Gasteiger partial charge < -0.3 is 19.7 Å². The van der Waals surface area contributed by atoms with Gasteiger partial charge in [0.25, 0.3) is 5.91 Å². The van der Waals surface area contributed by atoms with Crippen molar-refractivity contribution in [3.8, 4) is 17.2 Å². The summed E-state index contributed by atoms with van der Waals surface area (Å²) in [6, 6.07) is 24.6. The minimum absolute atomic E-state index is 0.0257. The van der Waals surface area contributed by atoms with E-state index in [0.717, 1.165) is 17.1 Å². The maximum Gasteiger partial charge on any atom is 0.251 e. The van der Waals surface area contributed by atoms with Crippen LogP contribution in [0.1, 0.15) is 22.0 Å². The van der Waals surface area contributed by atoms with Crippen molar-refractivity contribution in [2.24, 2.45) is 0 Å². The second kappa shape index (κ2) is 9.75. The largest absolute Gasteiger partial charge is 0.497 e. The lowest BCUT2D eigenvalue weighted by molar-refractivity contribution is 0.0941. The quantitative estimate of drug-likeness (QED) is 0.614. The Morgan fingerprint density at radius 2 is 1.59 bits per heavy atom. The van der Waals surface area contributed by atoms with E-state index in [1.807, 2.05) is 80.8 Å². The highest BCUT2D eigenvalue weighted by atomic mass is 16.5. The summed E-state index contributed by atoms with van der Waals surface area (Å²) in [4.78, 5) is 14.8. The molecule has 0 fully saturated rings. The Labute approximate surface area is 171 Å². The number of hydrogen-bond donors (Lipinski definition) is 1. The number of likely N-dealkylation sites (N-methyl/N-ethyl adjacent to an activating group) is 1. The standard InChI is InChI=1S/C24H26N2O3/c1-26(2)23(18-9-7-13-21(15-18)28-3)17-25-24(27)19-10-8-14-22(16-19)29-20-11-5-4-6-12-20/h4-16,23H,17H2,1-3H3,(H,25,27)/t23-/m1/s1. The van der Waals surface area contributed by atoms with Crippen molar-refractivity contribution < 1.29 is 14.3 Å². The van der Waals surface area contributed by atoms with E-state index in [0.29, 0.717) is 17.9 Å². The molecular formula is C24H26N2O3. The van der Waals surface area contributed by atoms with Gasteiger partial charge in [0.15, 0.2) is 0 Å². The second-order valence-electron chi connectivity index (χ2n) is 6.91. The van der Waals surface area contributed by atoms with Crippen LogP contribution in [0.15, 0.2) is 78.9 Å². The Morgan fingerprint density at radius 3 is 2.31 bits per heavy atom. The molecule has 0 unspecified atom stereocenters. The van der Waals surface area contributed by atoms with Crippen molar-refractivity contribution in [3.05, 3.63) is 90.0 Å². The van der Waals surface area contributed by atoms with Crippen molar-refractivity contribution in [3.63, 3.8) is 0 Å². The molecule has 5 heteroatoms. The number of carbonyl (C=O) groups is 1. The minimum Gasteiger partial charge on any atom is -0.497 e. The van der Waals surface area contributed by atoms with E-state index in [-0.39, 0.29) is 11.9 Å². The fourth-order valence-electron chi connectivity index (χ4n) is 3.06. The van der Waals surface area contributed by atoms with Gasteiger partial charge in [0, 0.05) is 12.1 Å². The zero-order chi connectivity index (χ0) is 20.6. The van der Waals surface area contributed by atoms with Crippen LogP contribution < -0.4 is 14.8 Å². The number of carbonyl (C=O) groups excluding carboxylic acids is 1. The molecule has 0 heterocycles. The first-order chi connectivity index (χ1) is 14.1. The van der Waals surface area contributed by atoms with Gasteiger partial charge in [-0.05, 0) is 62.1 Å². The molecule has 0 aliphatic rings. The number of methoxy groups -OCH3 is 1. The molecule has 3 aromatic rings. The number of nitrogens with one attached hydrogen (secondary N) is 1. The van der Waals surface area contributed by atoms with E-state index in [4.69, 9.17) is 9.47 Å². The molecule has 3 rings (SSSR count). The van der Waals surface area contributed by atoms with E-state index in [1.165, 1.54) is 0 Å². The highest BCUT2D eigenvalue weighted by Gasteiger charge is 2.17. The third kappa shape index (κ3) is 5.59. The van der Waals surface area contributed by atoms with Crippen molar-refractivity contribution in [2.45, 2.75) is 6.04 Å². The smallest absolute Gasteiger partial charge is 0.251 e. The first-order valence-corrected chi connectivity index (χ1v) is 9.48. The lowest BCUT2D eigenvalue weighted by atomic mass is 10.1. The number of hydrogen-bond acceptors (Lipinski definition) is 4. The Balaban J connectivity index is 1.68. The molecule has 0 spiro atoms. The molecule has 0 aromatic heterocycles. The van der Waals surface area contributed by atoms with Gasteiger partial charge in [-0.1, -0.05) is 36.4 Å². The molecule has 0 radical (unpaired) electrons. The summed E-state index contributed by atoms with van der Waals surface area (Å²) in [6.45, 7) is 0.475. The maximum atomic E-state index is 12.7. The Hall–Kier alpha value is -3.31. The van der Waals surface area contributed by atoms with E-state index >= 15 is 0 Å². The van der Waals surface area contributed by atoms with Crippen molar-refractivity contribution in [1.29, 1.82) is 0 Å². The number of benzene rings is 3. The molecule has 3 aromatic carbocycles. The van der Waals surface area contributed by atoms with Gasteiger partial charge in [0.2, 0.25) is 0 Å². The summed E-state index contributed by atoms with van der Waals surface area (Å²) in [7, 11) is 5.63. The number of ether oxygens (including phenoxy) is 2. The van der Waals surface area contributed by atoms with Crippen molar-refractivity contribution in [1.82, 2.24) is 10.2 Å². The Kier molecular flexibility index (Phi) is 6.87. The van der Waals surface area contributed by atoms with Crippen LogP contribution in [-0.2, 0) is 0 Å². The molecule has 1 atom stereocenters. The molecule has 150 valence electrons. The maximum absolute atomic E-state index is 12.7. The zero-order valence-electron chi connectivity index (χ0n) is 17.0. The average molecular weight is 390 g/mol. The lowest BCUT2D eigenvalue weighted by Crippen LogP contribution is -2.34. The first kappa shape index (κ1) is 20.4. The summed E-state index contributed by atoms with van der Waals surface area (Å²) in [5, 5.41) is 3.03. The molecule has 0 aliphatic carbocycles. The van der Waals surface area contributed by atoms with Crippen LogP contribution in [0.2, 0.25) is 0 Å². The van der Waals surface area contributed by atoms with E-state index in [1.54, 1.807) is 19.2 Å². The van der Waals surface area contributed by atoms with Crippen molar-refractivity contribution in [2.75, 3.05) is 27.7 Å². The van der Waals surface area contributed by atoms with Crippen LogP contribution in [-0.4, -0.2) is 38.6 Å². The van der Waals surface area contributed by atoms with Crippen LogP contribution in [0.25, 0.3) is 0 Å². The molecule has 0 aliphatic heterocycles. The number of para-hydroxylation sites is 1. The monoisotopic (exact) mass is 390 g/mol. The Morgan fingerprint density at radius 1 is 0.897 bits per heavy atom. The summed E-state index contributed by atoms with van der Waals surface area (Å²) in [6.07, 6.45) is 0. The number of rotatable bonds is 8. The van der Waals surface area contributed by atoms with E-state index in [2.05, 4.69) is 10.2 Å². The molecule has 0 saturated carbocycles. The first-order valence-electron chi connectivity index (χ1n) is 9.48. The van der Waals surface area contributed by atoms with E-state index < -0.39 is 0 Å². The van der Waals surface area contributed by atoms with Crippen LogP contribution >= 0.6 is 0 Å². The number of amides is 1. The highest BCUT2D eigenvalue weighted by molar-refractivity contribution is 5.94. The fraction of sp³-hybridized carbons (Fsp3) is 0.208. The summed E-state index contributed by atoms with van der Waals surface area (Å²) in [5.41, 5.74) is 1.64. The van der Waals surface area contributed by atoms with Crippen LogP contribution in [0.4, 0.5) is 0 Å². The molecular weight excluding hydrogens is 364 g/mol. The molecule has 1 N–H and O–H groups in total. The zero-order valence-corrected chi connectivity index (χ0v) is 17.0. The number of nitrogens with zero attached hydrogens (tertiary/aromatic N) is 1. The van der Waals surface area contributed by atoms with Gasteiger partial charge in [0.1, 0.15) is 17.2 Å². The Bertz CT molecular complexity index is 942. The summed E-state index contributed by atoms with van der Waals surface area (Å²) >= 11 is 0. The molecule has 1 amide bonds. The van der Waals surface area contributed by atoms with E-state index in [9.17, 15) is 4.79 Å². The van der Waals surface area contributed by atoms with Crippen molar-refractivity contribution >= 4 is 5.91 Å². The minimum atomic E-state index is -0.141. The van der Waals surface area contributed by atoms with Gasteiger partial charge in [-0.3, -0.25) is 4.79 Å². The summed E-state index contributed by atoms with van der Waals surface area (Å²) < 4.78 is 11.1. The summed E-state index contributed by atoms with van der Waals surface area (Å²) in [5.74, 6) is 2.02. The SMILES string of the molecule is COc1cccc([C@@H](CNC(=O)c2cccc(Oc3ccccc3)c2)N(C)C)c1. The predicted octanol–water partition coefficient (Wildman–Crippen LogP) is 4.52. The van der Waals surface area contributed by atoms with Gasteiger partial charge in [0.05, 0.1) is 13.2 Å². The van der Waals surface area contributed by atoms with Gasteiger partial charge in [-0.15, -0.1) is 0 Å². The topological polar surface area (TPSA) is 50.8 Å². The molecule has 0 bridgehead atoms. The third-order valence-electron chi connectivity index (χ3n) is 4.63. The lowest BCUT2D eigenvalue weighted by Gasteiger charge is -2.25. The van der Waals surface area contributed by atoms with Gasteiger partial charge >= 0.3 is 0 Å². The van der Waals surface area contributed by atoms with Gasteiger partial charge in [-0.25, -0.2) is 0 Å². The van der Waals surface area contributed by atoms with Crippen LogP contribution in [0.5, 0.6) is 17.2 Å². The highest BCUT2D eigenvalue weighted by Crippen LogP contribution is 2.23. The molecule has 0 saturated heterocycles. The average Bonchev–Trinajstić information content (AvgIpc) is 2.74. The third-order valence-corrected chi connectivity index (χ3v) is 4.63.